The number of nitrogens with one attached hydrogen (secondary N) is 1. The molecule has 118 valence electrons. The summed E-state index contributed by atoms with van der Waals surface area (Å²) in [6.45, 7) is 7.26. The topological polar surface area (TPSA) is 103 Å². The van der Waals surface area contributed by atoms with Crippen LogP contribution in [0.1, 0.15) is 57.7 Å². The van der Waals surface area contributed by atoms with Gasteiger partial charge in [0, 0.05) is 24.9 Å². The van der Waals surface area contributed by atoms with Crippen LogP contribution < -0.4 is 11.1 Å². The Labute approximate surface area is 124 Å². The lowest BCUT2D eigenvalue weighted by atomic mass is 9.82. The number of carbonyl (C=O) groups excluding carboxylic acids is 1. The van der Waals surface area contributed by atoms with Gasteiger partial charge in [-0.05, 0) is 40.0 Å². The fourth-order valence-corrected chi connectivity index (χ4v) is 2.52. The van der Waals surface area contributed by atoms with Crippen molar-refractivity contribution in [1.29, 1.82) is 0 Å². The second kappa shape index (κ2) is 6.01. The molecule has 1 saturated carbocycles. The molecule has 7 nitrogen and oxygen atoms in total. The molecule has 0 aromatic carbocycles. The van der Waals surface area contributed by atoms with Crippen molar-refractivity contribution in [2.75, 3.05) is 0 Å². The molecule has 0 unspecified atom stereocenters. The first-order valence-electron chi connectivity index (χ1n) is 7.29. The molecule has 2 rings (SSSR count). The minimum Gasteiger partial charge on any atom is -0.444 e. The van der Waals surface area contributed by atoms with E-state index >= 15 is 0 Å². The first kappa shape index (κ1) is 15.8. The van der Waals surface area contributed by atoms with Crippen molar-refractivity contribution in [2.24, 2.45) is 5.73 Å². The fraction of sp³-hybridized carbons (Fsp3) is 0.786. The third-order valence-electron chi connectivity index (χ3n) is 3.50. The number of aryl methyl sites for hydroxylation is 1. The minimum atomic E-state index is -0.522. The average Bonchev–Trinajstić information content (AvgIpc) is 2.76. The lowest BCUT2D eigenvalue weighted by molar-refractivity contribution is 0.0480. The Morgan fingerprint density at radius 3 is 2.67 bits per heavy atom. The van der Waals surface area contributed by atoms with Crippen molar-refractivity contribution in [3.63, 3.8) is 0 Å². The van der Waals surface area contributed by atoms with Crippen LogP contribution >= 0.6 is 0 Å². The van der Waals surface area contributed by atoms with Gasteiger partial charge < -0.3 is 20.2 Å². The smallest absolute Gasteiger partial charge is 0.407 e. The number of carbonyl (C=O) groups is 1. The minimum absolute atomic E-state index is 0.0854. The van der Waals surface area contributed by atoms with Crippen molar-refractivity contribution >= 4 is 6.09 Å². The first-order chi connectivity index (χ1) is 9.74. The molecule has 0 spiro atoms. The van der Waals surface area contributed by atoms with Gasteiger partial charge in [-0.3, -0.25) is 0 Å². The second-order valence-corrected chi connectivity index (χ2v) is 6.59. The molecular weight excluding hydrogens is 272 g/mol. The van der Waals surface area contributed by atoms with Crippen LogP contribution in [0.3, 0.4) is 0 Å². The summed E-state index contributed by atoms with van der Waals surface area (Å²) in [5.41, 5.74) is 5.58. The standard InChI is InChI=1S/C14H24N4O3/c1-8-17-18-12(20-8)9-5-6-10(15)11(7-9)16-13(19)21-14(2,3)4/h9-11H,5-7,15H2,1-4H3,(H,16,19)/t9-,10-,11+/m0/s1. The Morgan fingerprint density at radius 1 is 1.38 bits per heavy atom. The summed E-state index contributed by atoms with van der Waals surface area (Å²) in [5.74, 6) is 1.30. The van der Waals surface area contributed by atoms with Crippen molar-refractivity contribution in [3.8, 4) is 0 Å². The molecule has 0 saturated heterocycles. The maximum absolute atomic E-state index is 11.9. The van der Waals surface area contributed by atoms with Crippen molar-refractivity contribution in [1.82, 2.24) is 15.5 Å². The zero-order valence-corrected chi connectivity index (χ0v) is 13.0. The molecule has 7 heteroatoms. The third-order valence-corrected chi connectivity index (χ3v) is 3.50. The molecule has 1 aromatic heterocycles. The van der Waals surface area contributed by atoms with Crippen molar-refractivity contribution in [3.05, 3.63) is 11.8 Å². The van der Waals surface area contributed by atoms with E-state index < -0.39 is 11.7 Å². The molecule has 0 bridgehead atoms. The van der Waals surface area contributed by atoms with Crippen LogP contribution in [0.5, 0.6) is 0 Å². The van der Waals surface area contributed by atoms with Crippen LogP contribution in [0, 0.1) is 6.92 Å². The van der Waals surface area contributed by atoms with Gasteiger partial charge >= 0.3 is 6.09 Å². The summed E-state index contributed by atoms with van der Waals surface area (Å²) < 4.78 is 10.8. The summed E-state index contributed by atoms with van der Waals surface area (Å²) in [7, 11) is 0. The molecule has 1 aliphatic rings. The van der Waals surface area contributed by atoms with Gasteiger partial charge in [0.05, 0.1) is 0 Å². The van der Waals surface area contributed by atoms with Crippen LogP contribution in [-0.4, -0.2) is 34.0 Å². The lowest BCUT2D eigenvalue weighted by Crippen LogP contribution is -2.51. The molecule has 1 heterocycles. The number of nitrogens with zero attached hydrogens (tertiary/aromatic N) is 2. The Kier molecular flexibility index (Phi) is 4.51. The Morgan fingerprint density at radius 2 is 2.10 bits per heavy atom. The number of hydrogen-bond donors (Lipinski definition) is 2. The Balaban J connectivity index is 1.96. The van der Waals surface area contributed by atoms with Crippen LogP contribution in [-0.2, 0) is 4.74 Å². The van der Waals surface area contributed by atoms with E-state index in [4.69, 9.17) is 14.9 Å². The van der Waals surface area contributed by atoms with Gasteiger partial charge in [-0.1, -0.05) is 0 Å². The number of alkyl carbamates (subject to hydrolysis) is 1. The Bertz CT molecular complexity index is 495. The van der Waals surface area contributed by atoms with E-state index in [0.29, 0.717) is 18.2 Å². The van der Waals surface area contributed by atoms with E-state index in [1.165, 1.54) is 0 Å². The summed E-state index contributed by atoms with van der Waals surface area (Å²) in [5, 5.41) is 10.8. The molecule has 0 aliphatic heterocycles. The summed E-state index contributed by atoms with van der Waals surface area (Å²) >= 11 is 0. The van der Waals surface area contributed by atoms with Gasteiger partial charge in [0.25, 0.3) is 0 Å². The highest BCUT2D eigenvalue weighted by Gasteiger charge is 2.33. The summed E-state index contributed by atoms with van der Waals surface area (Å²) in [6.07, 6.45) is 1.93. The normalized spacial score (nSPS) is 26.4. The van der Waals surface area contributed by atoms with Gasteiger partial charge in [-0.15, -0.1) is 10.2 Å². The zero-order chi connectivity index (χ0) is 15.6. The molecule has 1 amide bonds. The monoisotopic (exact) mass is 296 g/mol. The van der Waals surface area contributed by atoms with Gasteiger partial charge in [0.2, 0.25) is 11.8 Å². The number of nitrogens with two attached hydrogens (primary N) is 1. The SMILES string of the molecule is Cc1nnc([C@H]2CC[C@H](N)[C@H](NC(=O)OC(C)(C)C)C2)o1. The zero-order valence-electron chi connectivity index (χ0n) is 13.0. The van der Waals surface area contributed by atoms with Gasteiger partial charge in [-0.2, -0.15) is 0 Å². The predicted octanol–water partition coefficient (Wildman–Crippen LogP) is 1.87. The Hall–Kier alpha value is -1.63. The molecule has 3 N–H and O–H groups in total. The highest BCUT2D eigenvalue weighted by atomic mass is 16.6. The first-order valence-corrected chi connectivity index (χ1v) is 7.29. The molecule has 1 aromatic rings. The summed E-state index contributed by atoms with van der Waals surface area (Å²) in [6, 6.07) is -0.233. The quantitative estimate of drug-likeness (QED) is 0.863. The number of amides is 1. The predicted molar refractivity (Wildman–Crippen MR) is 76.8 cm³/mol. The van der Waals surface area contributed by atoms with E-state index in [1.54, 1.807) is 6.92 Å². The summed E-state index contributed by atoms with van der Waals surface area (Å²) in [4.78, 5) is 11.9. The van der Waals surface area contributed by atoms with Gasteiger partial charge in [0.15, 0.2) is 0 Å². The van der Waals surface area contributed by atoms with Crippen LogP contribution in [0.2, 0.25) is 0 Å². The third kappa shape index (κ3) is 4.42. The van der Waals surface area contributed by atoms with Crippen LogP contribution in [0.25, 0.3) is 0 Å². The van der Waals surface area contributed by atoms with E-state index in [1.807, 2.05) is 20.8 Å². The average molecular weight is 296 g/mol. The highest BCUT2D eigenvalue weighted by molar-refractivity contribution is 5.68. The van der Waals surface area contributed by atoms with Gasteiger partial charge in [-0.25, -0.2) is 4.79 Å². The largest absolute Gasteiger partial charge is 0.444 e. The van der Waals surface area contributed by atoms with Crippen LogP contribution in [0.4, 0.5) is 4.79 Å². The van der Waals surface area contributed by atoms with Crippen molar-refractivity contribution < 1.29 is 13.9 Å². The molecule has 21 heavy (non-hydrogen) atoms. The fourth-order valence-electron chi connectivity index (χ4n) is 2.52. The number of ether oxygens (including phenoxy) is 1. The van der Waals surface area contributed by atoms with E-state index in [-0.39, 0.29) is 18.0 Å². The molecule has 1 aliphatic carbocycles. The van der Waals surface area contributed by atoms with Gasteiger partial charge in [0.1, 0.15) is 5.60 Å². The maximum atomic E-state index is 11.9. The molecule has 1 fully saturated rings. The van der Waals surface area contributed by atoms with E-state index in [0.717, 1.165) is 12.8 Å². The van der Waals surface area contributed by atoms with Crippen LogP contribution in [0.15, 0.2) is 4.42 Å². The lowest BCUT2D eigenvalue weighted by Gasteiger charge is -2.33. The molecule has 3 atom stereocenters. The highest BCUT2D eigenvalue weighted by Crippen LogP contribution is 2.31. The van der Waals surface area contributed by atoms with E-state index in [9.17, 15) is 4.79 Å². The number of aromatic nitrogens is 2. The van der Waals surface area contributed by atoms with Crippen molar-refractivity contribution in [2.45, 2.75) is 70.6 Å². The van der Waals surface area contributed by atoms with E-state index in [2.05, 4.69) is 15.5 Å². The maximum Gasteiger partial charge on any atom is 0.407 e. The molecular formula is C14H24N4O3. The number of hydrogen-bond acceptors (Lipinski definition) is 6. The number of rotatable bonds is 2. The molecule has 0 radical (unpaired) electrons. The second-order valence-electron chi connectivity index (χ2n) is 6.59.